The van der Waals surface area contributed by atoms with Gasteiger partial charge in [0.05, 0.1) is 16.8 Å². The Kier molecular flexibility index (Phi) is 7.69. The quantitative estimate of drug-likeness (QED) is 0.166. The molecule has 0 unspecified atom stereocenters. The van der Waals surface area contributed by atoms with Crippen molar-refractivity contribution in [1.82, 2.24) is 0 Å². The molecule has 0 saturated carbocycles. The van der Waals surface area contributed by atoms with Crippen LogP contribution in [0, 0.1) is 0 Å². The third kappa shape index (κ3) is 5.46. The zero-order chi connectivity index (χ0) is 44.5. The van der Waals surface area contributed by atoms with Crippen LogP contribution in [0.3, 0.4) is 0 Å². The first-order chi connectivity index (χ1) is 33.7. The van der Waals surface area contributed by atoms with Gasteiger partial charge in [0.15, 0.2) is 11.2 Å². The number of rotatable bonds is 6. The fourth-order valence-corrected chi connectivity index (χ4v) is 10.7. The SMILES string of the molecule is c1ccc(N(c2ccc3cc4c(cc3c2)oc2c4ccc3oc4cc5cc(N(c6ccccc6)c6cccc7c6oc6ccccc67)ccc5cc4c32)c2cccc3c2oc2ccccc23)cc1. The molecule has 0 atom stereocenters. The lowest BCUT2D eigenvalue weighted by atomic mass is 10.0. The van der Waals surface area contributed by atoms with Gasteiger partial charge in [0.2, 0.25) is 0 Å². The summed E-state index contributed by atoms with van der Waals surface area (Å²) >= 11 is 0. The Hall–Kier alpha value is -9.26. The van der Waals surface area contributed by atoms with Crippen LogP contribution in [0.15, 0.2) is 236 Å². The molecule has 4 aromatic heterocycles. The van der Waals surface area contributed by atoms with E-state index in [1.165, 1.54) is 0 Å². The van der Waals surface area contributed by atoms with Gasteiger partial charge in [-0.05, 0) is 131 Å². The third-order valence-corrected chi connectivity index (χ3v) is 13.7. The van der Waals surface area contributed by atoms with E-state index in [2.05, 4.69) is 192 Å². The molecular formula is C62H36N2O4. The largest absolute Gasteiger partial charge is 0.456 e. The molecule has 0 fully saturated rings. The summed E-state index contributed by atoms with van der Waals surface area (Å²) in [5.41, 5.74) is 12.7. The Morgan fingerprint density at radius 1 is 0.235 bits per heavy atom. The van der Waals surface area contributed by atoms with Crippen molar-refractivity contribution in [1.29, 1.82) is 0 Å². The Morgan fingerprint density at radius 2 is 0.706 bits per heavy atom. The lowest BCUT2D eigenvalue weighted by molar-refractivity contribution is 0.663. The highest BCUT2D eigenvalue weighted by Gasteiger charge is 2.23. The average Bonchev–Trinajstić information content (AvgIpc) is 4.16. The average molecular weight is 873 g/mol. The monoisotopic (exact) mass is 872 g/mol. The zero-order valence-corrected chi connectivity index (χ0v) is 36.3. The van der Waals surface area contributed by atoms with Crippen molar-refractivity contribution < 1.29 is 17.7 Å². The highest BCUT2D eigenvalue weighted by molar-refractivity contribution is 6.24. The maximum absolute atomic E-state index is 6.91. The van der Waals surface area contributed by atoms with E-state index >= 15 is 0 Å². The van der Waals surface area contributed by atoms with Gasteiger partial charge >= 0.3 is 0 Å². The fourth-order valence-electron chi connectivity index (χ4n) is 10.7. The number of anilines is 6. The zero-order valence-electron chi connectivity index (χ0n) is 36.3. The van der Waals surface area contributed by atoms with Crippen LogP contribution < -0.4 is 9.80 Å². The van der Waals surface area contributed by atoms with Gasteiger partial charge < -0.3 is 27.5 Å². The summed E-state index contributed by atoms with van der Waals surface area (Å²) in [6, 6.07) is 76.5. The molecule has 11 aromatic carbocycles. The normalized spacial score (nSPS) is 12.1. The predicted molar refractivity (Wildman–Crippen MR) is 280 cm³/mol. The van der Waals surface area contributed by atoms with Crippen molar-refractivity contribution in [2.75, 3.05) is 9.80 Å². The number of benzene rings is 11. The van der Waals surface area contributed by atoms with Crippen molar-refractivity contribution in [2.45, 2.75) is 0 Å². The van der Waals surface area contributed by atoms with Gasteiger partial charge in [0.1, 0.15) is 33.5 Å². The molecule has 6 heteroatoms. The molecule has 0 saturated heterocycles. The van der Waals surface area contributed by atoms with E-state index in [9.17, 15) is 0 Å². The highest BCUT2D eigenvalue weighted by atomic mass is 16.3. The van der Waals surface area contributed by atoms with Gasteiger partial charge in [0.25, 0.3) is 0 Å². The van der Waals surface area contributed by atoms with Crippen molar-refractivity contribution in [2.24, 2.45) is 0 Å². The van der Waals surface area contributed by atoms with Crippen LogP contribution in [0.1, 0.15) is 0 Å². The molecule has 6 nitrogen and oxygen atoms in total. The number of furan rings is 4. The molecule has 4 heterocycles. The molecule has 0 N–H and O–H groups in total. The summed E-state index contributed by atoms with van der Waals surface area (Å²) in [4.78, 5) is 4.56. The van der Waals surface area contributed by atoms with E-state index in [1.807, 2.05) is 36.4 Å². The van der Waals surface area contributed by atoms with Gasteiger partial charge in [-0.2, -0.15) is 0 Å². The highest BCUT2D eigenvalue weighted by Crippen LogP contribution is 2.47. The summed E-state index contributed by atoms with van der Waals surface area (Å²) in [7, 11) is 0. The first-order valence-corrected chi connectivity index (χ1v) is 22.9. The van der Waals surface area contributed by atoms with Crippen molar-refractivity contribution >= 4 is 143 Å². The van der Waals surface area contributed by atoms with E-state index in [1.54, 1.807) is 0 Å². The van der Waals surface area contributed by atoms with Crippen LogP contribution in [-0.4, -0.2) is 0 Å². The molecule has 0 radical (unpaired) electrons. The molecule has 0 aliphatic heterocycles. The molecular weight excluding hydrogens is 837 g/mol. The predicted octanol–water partition coefficient (Wildman–Crippen LogP) is 18.5. The Bertz CT molecular complexity index is 4520. The topological polar surface area (TPSA) is 59.0 Å². The number of hydrogen-bond donors (Lipinski definition) is 0. The molecule has 15 rings (SSSR count). The summed E-state index contributed by atoms with van der Waals surface area (Å²) in [5, 5.41) is 12.8. The maximum Gasteiger partial charge on any atom is 0.159 e. The molecule has 0 spiro atoms. The number of fused-ring (bicyclic) bond motifs is 15. The molecule has 318 valence electrons. The van der Waals surface area contributed by atoms with Gasteiger partial charge in [-0.15, -0.1) is 0 Å². The van der Waals surface area contributed by atoms with Crippen LogP contribution in [-0.2, 0) is 0 Å². The second-order valence-electron chi connectivity index (χ2n) is 17.6. The van der Waals surface area contributed by atoms with Gasteiger partial charge in [-0.1, -0.05) is 109 Å². The van der Waals surface area contributed by atoms with Crippen LogP contribution in [0.2, 0.25) is 0 Å². The van der Waals surface area contributed by atoms with Crippen LogP contribution in [0.4, 0.5) is 34.1 Å². The first-order valence-electron chi connectivity index (χ1n) is 22.9. The van der Waals surface area contributed by atoms with Crippen molar-refractivity contribution in [3.63, 3.8) is 0 Å². The standard InChI is InChI=1S/C62H36N2O4/c1-3-13-41(14-4-1)63(52-21-11-19-47-45-17-7-9-23-54(45)66-60(47)52)43-27-25-37-33-50-49-29-30-56-59(62(49)68-57(50)35-39(37)31-43)51-34-38-26-28-44(32-40(38)36-58(51)65-56)64(42-15-5-2-6-16-42)53-22-12-20-48-46-18-8-10-24-55(46)67-61(48)53/h1-36H. The Labute approximate surface area is 387 Å². The minimum Gasteiger partial charge on any atom is -0.456 e. The van der Waals surface area contributed by atoms with E-state index in [0.717, 1.165) is 143 Å². The van der Waals surface area contributed by atoms with Crippen molar-refractivity contribution in [3.8, 4) is 0 Å². The molecule has 0 aliphatic carbocycles. The number of hydrogen-bond acceptors (Lipinski definition) is 6. The van der Waals surface area contributed by atoms with Gasteiger partial charge in [-0.25, -0.2) is 0 Å². The van der Waals surface area contributed by atoms with E-state index < -0.39 is 0 Å². The Balaban J connectivity index is 0.862. The molecule has 0 aliphatic rings. The first kappa shape index (κ1) is 37.0. The van der Waals surface area contributed by atoms with Gasteiger partial charge in [-0.3, -0.25) is 0 Å². The molecule has 0 bridgehead atoms. The van der Waals surface area contributed by atoms with Crippen LogP contribution in [0.25, 0.3) is 109 Å². The van der Waals surface area contributed by atoms with Crippen LogP contribution in [0.5, 0.6) is 0 Å². The minimum atomic E-state index is 0.787. The van der Waals surface area contributed by atoms with E-state index in [0.29, 0.717) is 0 Å². The molecule has 0 amide bonds. The van der Waals surface area contributed by atoms with Gasteiger partial charge in [0, 0.05) is 60.5 Å². The summed E-state index contributed by atoms with van der Waals surface area (Å²) < 4.78 is 26.7. The van der Waals surface area contributed by atoms with Crippen LogP contribution >= 0.6 is 0 Å². The number of para-hydroxylation sites is 6. The maximum atomic E-state index is 6.91. The fraction of sp³-hybridized carbons (Fsp3) is 0. The third-order valence-electron chi connectivity index (χ3n) is 13.7. The summed E-state index contributed by atoms with van der Waals surface area (Å²) in [6.07, 6.45) is 0. The summed E-state index contributed by atoms with van der Waals surface area (Å²) in [6.45, 7) is 0. The second-order valence-corrected chi connectivity index (χ2v) is 17.6. The molecule has 15 aromatic rings. The Morgan fingerprint density at radius 3 is 1.28 bits per heavy atom. The van der Waals surface area contributed by atoms with E-state index in [-0.39, 0.29) is 0 Å². The minimum absolute atomic E-state index is 0.787. The van der Waals surface area contributed by atoms with Crippen molar-refractivity contribution in [3.05, 3.63) is 218 Å². The molecule has 68 heavy (non-hydrogen) atoms. The smallest absolute Gasteiger partial charge is 0.159 e. The lowest BCUT2D eigenvalue weighted by Crippen LogP contribution is -2.10. The number of nitrogens with zero attached hydrogens (tertiary/aromatic N) is 2. The second kappa shape index (κ2) is 14.1. The summed E-state index contributed by atoms with van der Waals surface area (Å²) in [5.74, 6) is 0. The van der Waals surface area contributed by atoms with E-state index in [4.69, 9.17) is 17.7 Å². The lowest BCUT2D eigenvalue weighted by Gasteiger charge is -2.25.